The predicted octanol–water partition coefficient (Wildman–Crippen LogP) is 19.3. The molecule has 0 fully saturated rings. The predicted molar refractivity (Wildman–Crippen MR) is 368 cm³/mol. The van der Waals surface area contributed by atoms with E-state index < -0.39 is 10.8 Å². The van der Waals surface area contributed by atoms with Crippen LogP contribution in [0.3, 0.4) is 0 Å². The summed E-state index contributed by atoms with van der Waals surface area (Å²) in [4.78, 5) is 39.7. The molecular weight excluding hydrogens is 1210 g/mol. The highest BCUT2D eigenvalue weighted by Gasteiger charge is 2.53. The van der Waals surface area contributed by atoms with Gasteiger partial charge in [-0.1, -0.05) is 190 Å². The number of carbonyl (C=O) groups is 1. The number of nitrogens with one attached hydrogen (secondary N) is 1. The molecule has 0 bridgehead atoms. The first-order valence-electron chi connectivity index (χ1n) is 29.2. The summed E-state index contributed by atoms with van der Waals surface area (Å²) in [6.45, 7) is 9.21. The topological polar surface area (TPSA) is 128 Å². The minimum Gasteiger partial charge on any atom is -0.390 e. The van der Waals surface area contributed by atoms with E-state index in [-0.39, 0.29) is 11.4 Å². The monoisotopic (exact) mass is 1250 g/mol. The van der Waals surface area contributed by atoms with Crippen LogP contribution in [0.15, 0.2) is 193 Å². The van der Waals surface area contributed by atoms with E-state index in [2.05, 4.69) is 184 Å². The minimum atomic E-state index is -0.728. The number of fused-ring (bicyclic) bond motifs is 13. The quantitative estimate of drug-likeness (QED) is 0.0814. The molecule has 8 aromatic carbocycles. The lowest BCUT2D eigenvalue weighted by Crippen LogP contribution is -2.30. The van der Waals surface area contributed by atoms with E-state index in [0.717, 1.165) is 44.1 Å². The second-order valence-corrected chi connectivity index (χ2v) is 29.3. The van der Waals surface area contributed by atoms with E-state index in [1.54, 1.807) is 81.1 Å². The van der Waals surface area contributed by atoms with Gasteiger partial charge in [-0.3, -0.25) is 4.79 Å². The molecule has 3 aliphatic carbocycles. The zero-order valence-electron chi connectivity index (χ0n) is 48.3. The summed E-state index contributed by atoms with van der Waals surface area (Å²) in [5.74, 6) is -0.210. The average Bonchev–Trinajstić information content (AvgIpc) is 1.51. The van der Waals surface area contributed by atoms with Gasteiger partial charge in [-0.2, -0.15) is 10.5 Å². The summed E-state index contributed by atoms with van der Waals surface area (Å²) in [7, 11) is 0. The first kappa shape index (κ1) is 53.9. The first-order valence-corrected chi connectivity index (χ1v) is 34.2. The fourth-order valence-electron chi connectivity index (χ4n) is 14.2. The molecule has 0 saturated carbocycles. The highest BCUT2D eigenvalue weighted by Crippen LogP contribution is 2.65. The smallest absolute Gasteiger partial charge is 0.195 e. The molecule has 14 heteroatoms. The van der Waals surface area contributed by atoms with Gasteiger partial charge < -0.3 is 5.32 Å². The Kier molecular flexibility index (Phi) is 12.3. The van der Waals surface area contributed by atoms with E-state index in [1.165, 1.54) is 109 Å². The lowest BCUT2D eigenvalue weighted by atomic mass is 9.65. The molecule has 0 aliphatic heterocycles. The number of thiazole rings is 4. The Morgan fingerprint density at radius 1 is 0.506 bits per heavy atom. The third-order valence-corrected chi connectivity index (χ3v) is 24.6. The number of nitrogens with zero attached hydrogens (tertiary/aromatic N) is 6. The molecule has 0 spiro atoms. The number of rotatable bonds is 10. The van der Waals surface area contributed by atoms with Crippen molar-refractivity contribution >= 4 is 119 Å². The van der Waals surface area contributed by atoms with Crippen molar-refractivity contribution in [1.82, 2.24) is 25.3 Å². The van der Waals surface area contributed by atoms with E-state index in [0.29, 0.717) is 35.2 Å². The van der Waals surface area contributed by atoms with Crippen molar-refractivity contribution in [3.05, 3.63) is 276 Å². The van der Waals surface area contributed by atoms with Crippen LogP contribution in [-0.2, 0) is 17.3 Å². The second-order valence-electron chi connectivity index (χ2n) is 23.3. The summed E-state index contributed by atoms with van der Waals surface area (Å²) in [5.41, 5.74) is 21.9. The second kappa shape index (κ2) is 20.4. The van der Waals surface area contributed by atoms with Crippen molar-refractivity contribution in [3.63, 3.8) is 0 Å². The molecule has 6 heterocycles. The number of hydrogen-bond donors (Lipinski definition) is 1. The minimum absolute atomic E-state index is 0.0852. The molecule has 1 N–H and O–H groups in total. The van der Waals surface area contributed by atoms with E-state index in [1.807, 2.05) is 35.1 Å². The molecule has 0 radical (unpaired) electrons. The summed E-state index contributed by atoms with van der Waals surface area (Å²) in [5, 5.41) is 28.2. The van der Waals surface area contributed by atoms with Gasteiger partial charge in [0, 0.05) is 45.3 Å². The SMILES string of the molecule is Cc1ccc(C2(c3ccc(C)cc3)c3cc4c(cc3-c3ccc5sc(-c6nc7scnc7s6)cc5c32)C(c2ccc(C)cc2)(c2ccc(C)cc2)c2c-4ccc3sc(-c4nc5sc(CCN/C=C6\C(=O)c7ccccc7C6=C(C#N)C#N)nc5s4)cc23)cc1. The Hall–Kier alpha value is -9.35. The van der Waals surface area contributed by atoms with Crippen LogP contribution in [0.5, 0.6) is 0 Å². The van der Waals surface area contributed by atoms with Gasteiger partial charge in [0.05, 0.1) is 31.1 Å². The van der Waals surface area contributed by atoms with Crippen LogP contribution >= 0.6 is 68.0 Å². The number of thiophene rings is 2. The fourth-order valence-corrected chi connectivity index (χ4v) is 20.2. The summed E-state index contributed by atoms with van der Waals surface area (Å²) in [6, 6.07) is 67.8. The normalized spacial score (nSPS) is 14.6. The van der Waals surface area contributed by atoms with Gasteiger partial charge in [0.15, 0.2) is 25.1 Å². The molecule has 0 saturated heterocycles. The number of ketones is 1. The highest BCUT2D eigenvalue weighted by atomic mass is 32.1. The maximum atomic E-state index is 13.5. The number of hydrogen-bond acceptors (Lipinski definition) is 14. The number of benzene rings is 8. The average molecular weight is 1250 g/mol. The zero-order valence-corrected chi connectivity index (χ0v) is 53.2. The molecule has 8 nitrogen and oxygen atoms in total. The van der Waals surface area contributed by atoms with Crippen LogP contribution in [0, 0.1) is 50.4 Å². The first-order chi connectivity index (χ1) is 43.5. The molecule has 17 rings (SSSR count). The lowest BCUT2D eigenvalue weighted by Gasteiger charge is -2.36. The molecule has 0 amide bonds. The van der Waals surface area contributed by atoms with Crippen LogP contribution in [0.25, 0.3) is 87.1 Å². The Morgan fingerprint density at radius 3 is 1.46 bits per heavy atom. The molecular formula is C75H47N7OS6. The van der Waals surface area contributed by atoms with Gasteiger partial charge >= 0.3 is 0 Å². The van der Waals surface area contributed by atoms with Crippen molar-refractivity contribution < 1.29 is 4.79 Å². The van der Waals surface area contributed by atoms with Crippen molar-refractivity contribution in [2.24, 2.45) is 0 Å². The van der Waals surface area contributed by atoms with Gasteiger partial charge in [-0.05, 0) is 147 Å². The molecule has 0 unspecified atom stereocenters. The number of allylic oxidation sites excluding steroid dienone is 3. The number of aryl methyl sites for hydroxylation is 4. The van der Waals surface area contributed by atoms with E-state index >= 15 is 0 Å². The molecule has 6 aromatic heterocycles. The van der Waals surface area contributed by atoms with Gasteiger partial charge in [0.1, 0.15) is 27.7 Å². The Labute approximate surface area is 536 Å². The van der Waals surface area contributed by atoms with Crippen LogP contribution in [-0.4, -0.2) is 32.3 Å². The highest BCUT2D eigenvalue weighted by molar-refractivity contribution is 7.31. The molecule has 424 valence electrons. The molecule has 89 heavy (non-hydrogen) atoms. The van der Waals surface area contributed by atoms with Crippen LogP contribution in [0.1, 0.15) is 87.7 Å². The Morgan fingerprint density at radius 2 is 0.978 bits per heavy atom. The fraction of sp³-hybridized carbons (Fsp3) is 0.107. The van der Waals surface area contributed by atoms with Gasteiger partial charge in [-0.15, -0.1) is 34.0 Å². The van der Waals surface area contributed by atoms with Crippen LogP contribution in [0.2, 0.25) is 0 Å². The summed E-state index contributed by atoms with van der Waals surface area (Å²) < 4.78 is 2.43. The van der Waals surface area contributed by atoms with E-state index in [9.17, 15) is 15.3 Å². The Balaban J connectivity index is 0.830. The van der Waals surface area contributed by atoms with Gasteiger partial charge in [0.2, 0.25) is 0 Å². The maximum absolute atomic E-state index is 13.5. The number of Topliss-reactive ketones (excluding diaryl/α,β-unsaturated/α-hetero) is 1. The zero-order chi connectivity index (χ0) is 60.0. The number of carbonyl (C=O) groups excluding carboxylic acids is 1. The van der Waals surface area contributed by atoms with Gasteiger partial charge in [-0.25, -0.2) is 19.9 Å². The van der Waals surface area contributed by atoms with Crippen molar-refractivity contribution in [3.8, 4) is 54.2 Å². The lowest BCUT2D eigenvalue weighted by molar-refractivity contribution is 0.104. The summed E-state index contributed by atoms with van der Waals surface area (Å²) in [6.07, 6.45) is 2.24. The van der Waals surface area contributed by atoms with Crippen LogP contribution in [0.4, 0.5) is 0 Å². The van der Waals surface area contributed by atoms with Gasteiger partial charge in [0.25, 0.3) is 0 Å². The molecule has 3 aliphatic rings. The number of aromatic nitrogens is 4. The largest absolute Gasteiger partial charge is 0.390 e. The van der Waals surface area contributed by atoms with E-state index in [4.69, 9.17) is 15.0 Å². The third-order valence-electron chi connectivity index (χ3n) is 18.1. The maximum Gasteiger partial charge on any atom is 0.195 e. The van der Waals surface area contributed by atoms with Crippen molar-refractivity contribution in [1.29, 1.82) is 10.5 Å². The van der Waals surface area contributed by atoms with Crippen molar-refractivity contribution in [2.45, 2.75) is 44.9 Å². The number of nitriles is 2. The standard InChI is InChI=1S/C75H47N7OS6/c1-39-9-17-44(18-10-39)74(45-19-11-40(2)12-20-45)57-32-53-50-26-28-60-55(34-62(86-60)69-82-73-72(89-69)80-63(87-73)29-30-78-37-56-64(43(35-76)36-77)48-7-5-6-8-51(48)67(56)83)66(50)75(46-21-13-41(3)14-22-46,47-23-15-42(4)16-24-47)58(53)31-52(57)49-25-27-59-54(65(49)74)33-61(85-59)68-81-71-70(88-68)79-38-84-71/h5-28,31-34,37-38,78H,29-30H2,1-4H3/b56-37-. The molecule has 0 atom stereocenters. The third kappa shape index (κ3) is 7.98. The summed E-state index contributed by atoms with van der Waals surface area (Å²) >= 11 is 10.1. The molecule has 14 aromatic rings. The van der Waals surface area contributed by atoms with Crippen molar-refractivity contribution in [2.75, 3.05) is 6.54 Å². The van der Waals surface area contributed by atoms with Crippen LogP contribution < -0.4 is 5.32 Å². The Bertz CT molecular complexity index is 5330.